The monoisotopic (exact) mass is 316 g/mol. The number of hydrogen-bond acceptors (Lipinski definition) is 4. The predicted molar refractivity (Wildman–Crippen MR) is 88.0 cm³/mol. The van der Waals surface area contributed by atoms with Crippen molar-refractivity contribution >= 4 is 17.2 Å². The van der Waals surface area contributed by atoms with Gasteiger partial charge in [0.15, 0.2) is 0 Å². The number of benzene rings is 1. The lowest BCUT2D eigenvalue weighted by Gasteiger charge is -2.22. The maximum absolute atomic E-state index is 12.3. The Morgan fingerprint density at radius 3 is 2.86 bits per heavy atom. The Hall–Kier alpha value is -1.72. The Balaban J connectivity index is 1.70. The molecule has 0 bridgehead atoms. The van der Waals surface area contributed by atoms with Crippen molar-refractivity contribution in [1.29, 1.82) is 0 Å². The van der Waals surface area contributed by atoms with Crippen molar-refractivity contribution in [2.75, 3.05) is 6.54 Å². The summed E-state index contributed by atoms with van der Waals surface area (Å²) in [5.41, 5.74) is 1.71. The van der Waals surface area contributed by atoms with Gasteiger partial charge in [-0.3, -0.25) is 4.79 Å². The summed E-state index contributed by atoms with van der Waals surface area (Å²) in [6, 6.07) is 7.46. The molecule has 0 radical (unpaired) electrons. The van der Waals surface area contributed by atoms with Crippen molar-refractivity contribution in [1.82, 2.24) is 10.3 Å². The molecular formula is C17H20N2O2S. The van der Waals surface area contributed by atoms with Gasteiger partial charge in [0, 0.05) is 23.1 Å². The van der Waals surface area contributed by atoms with Crippen LogP contribution in [0.1, 0.15) is 41.0 Å². The quantitative estimate of drug-likeness (QED) is 0.911. The van der Waals surface area contributed by atoms with Gasteiger partial charge in [-0.2, -0.15) is 0 Å². The third kappa shape index (κ3) is 3.36. The molecule has 2 aromatic rings. The van der Waals surface area contributed by atoms with Gasteiger partial charge in [-0.15, -0.1) is 11.3 Å². The average Bonchev–Trinajstić information content (AvgIpc) is 3.14. The van der Waals surface area contributed by atoms with Crippen molar-refractivity contribution in [3.63, 3.8) is 0 Å². The van der Waals surface area contributed by atoms with Crippen LogP contribution in [0.5, 0.6) is 0 Å². The molecule has 1 heterocycles. The van der Waals surface area contributed by atoms with Crippen molar-refractivity contribution in [3.05, 3.63) is 40.2 Å². The molecule has 2 N–H and O–H groups in total. The van der Waals surface area contributed by atoms with Gasteiger partial charge < -0.3 is 10.4 Å². The molecule has 0 aliphatic heterocycles. The second-order valence-corrected chi connectivity index (χ2v) is 7.01. The first kappa shape index (κ1) is 15.2. The van der Waals surface area contributed by atoms with Gasteiger partial charge >= 0.3 is 0 Å². The number of aromatic nitrogens is 1. The highest BCUT2D eigenvalue weighted by Gasteiger charge is 2.31. The summed E-state index contributed by atoms with van der Waals surface area (Å²) in [4.78, 5) is 16.7. The first-order valence-electron chi connectivity index (χ1n) is 7.59. The SMILES string of the molecule is Cc1nc(-c2cccc(C(=O)NCC3(O)CCCC3)c2)cs1. The minimum Gasteiger partial charge on any atom is -0.388 e. The van der Waals surface area contributed by atoms with E-state index in [2.05, 4.69) is 10.3 Å². The Labute approximate surface area is 134 Å². The van der Waals surface area contributed by atoms with Crippen LogP contribution >= 0.6 is 11.3 Å². The van der Waals surface area contributed by atoms with Crippen LogP contribution in [0.2, 0.25) is 0 Å². The fourth-order valence-electron chi connectivity index (χ4n) is 2.87. The van der Waals surface area contributed by atoms with Crippen LogP contribution in [0.15, 0.2) is 29.6 Å². The van der Waals surface area contributed by atoms with Crippen molar-refractivity contribution in [2.45, 2.75) is 38.2 Å². The minimum absolute atomic E-state index is 0.144. The van der Waals surface area contributed by atoms with Crippen LogP contribution in [-0.2, 0) is 0 Å². The standard InChI is InChI=1S/C17H20N2O2S/c1-12-19-15(10-22-12)13-5-4-6-14(9-13)16(20)18-11-17(21)7-2-3-8-17/h4-6,9-10,21H,2-3,7-8,11H2,1H3,(H,18,20). The highest BCUT2D eigenvalue weighted by Crippen LogP contribution is 2.28. The molecule has 0 saturated heterocycles. The molecule has 0 spiro atoms. The Kier molecular flexibility index (Phi) is 4.27. The number of nitrogens with zero attached hydrogens (tertiary/aromatic N) is 1. The Morgan fingerprint density at radius 1 is 1.41 bits per heavy atom. The zero-order chi connectivity index (χ0) is 15.6. The number of rotatable bonds is 4. The number of aliphatic hydroxyl groups is 1. The second-order valence-electron chi connectivity index (χ2n) is 5.95. The van der Waals surface area contributed by atoms with Crippen LogP contribution in [0, 0.1) is 6.92 Å². The lowest BCUT2D eigenvalue weighted by molar-refractivity contribution is 0.0449. The molecule has 1 saturated carbocycles. The Bertz CT molecular complexity index is 675. The molecule has 1 aromatic heterocycles. The molecule has 0 atom stereocenters. The molecule has 1 aromatic carbocycles. The number of aryl methyl sites for hydroxylation is 1. The van der Waals surface area contributed by atoms with Crippen molar-refractivity contribution in [2.24, 2.45) is 0 Å². The van der Waals surface area contributed by atoms with E-state index in [0.29, 0.717) is 12.1 Å². The highest BCUT2D eigenvalue weighted by molar-refractivity contribution is 7.09. The van der Waals surface area contributed by atoms with Gasteiger partial charge in [0.2, 0.25) is 0 Å². The maximum atomic E-state index is 12.3. The number of thiazole rings is 1. The van der Waals surface area contributed by atoms with Gasteiger partial charge in [0.05, 0.1) is 16.3 Å². The summed E-state index contributed by atoms with van der Waals surface area (Å²) in [7, 11) is 0. The van der Waals surface area contributed by atoms with Gasteiger partial charge in [-0.25, -0.2) is 4.98 Å². The summed E-state index contributed by atoms with van der Waals surface area (Å²) in [6.45, 7) is 2.29. The Morgan fingerprint density at radius 2 is 2.18 bits per heavy atom. The summed E-state index contributed by atoms with van der Waals surface area (Å²) < 4.78 is 0. The highest BCUT2D eigenvalue weighted by atomic mass is 32.1. The number of carbonyl (C=O) groups excluding carboxylic acids is 1. The van der Waals surface area contributed by atoms with E-state index in [9.17, 15) is 9.90 Å². The normalized spacial score (nSPS) is 16.6. The van der Waals surface area contributed by atoms with Gasteiger partial charge in [0.25, 0.3) is 5.91 Å². The molecule has 1 amide bonds. The lowest BCUT2D eigenvalue weighted by atomic mass is 10.0. The molecule has 22 heavy (non-hydrogen) atoms. The molecule has 116 valence electrons. The fraction of sp³-hybridized carbons (Fsp3) is 0.412. The number of nitrogens with one attached hydrogen (secondary N) is 1. The van der Waals surface area contributed by atoms with E-state index in [1.165, 1.54) is 0 Å². The van der Waals surface area contributed by atoms with E-state index in [-0.39, 0.29) is 5.91 Å². The number of carbonyl (C=O) groups is 1. The molecule has 1 aliphatic carbocycles. The zero-order valence-electron chi connectivity index (χ0n) is 12.6. The maximum Gasteiger partial charge on any atom is 0.251 e. The average molecular weight is 316 g/mol. The van der Waals surface area contributed by atoms with Gasteiger partial charge in [0.1, 0.15) is 0 Å². The van der Waals surface area contributed by atoms with E-state index in [0.717, 1.165) is 41.9 Å². The first-order chi connectivity index (χ1) is 10.6. The summed E-state index contributed by atoms with van der Waals surface area (Å²) in [5, 5.41) is 16.2. The van der Waals surface area contributed by atoms with Crippen LogP contribution < -0.4 is 5.32 Å². The summed E-state index contributed by atoms with van der Waals surface area (Å²) in [5.74, 6) is -0.144. The topological polar surface area (TPSA) is 62.2 Å². The molecular weight excluding hydrogens is 296 g/mol. The largest absolute Gasteiger partial charge is 0.388 e. The van der Waals surface area contributed by atoms with Crippen molar-refractivity contribution < 1.29 is 9.90 Å². The second kappa shape index (κ2) is 6.18. The molecule has 1 aliphatic rings. The lowest BCUT2D eigenvalue weighted by Crippen LogP contribution is -2.40. The third-order valence-corrected chi connectivity index (χ3v) is 4.93. The van der Waals surface area contributed by atoms with Gasteiger partial charge in [-0.1, -0.05) is 25.0 Å². The number of amides is 1. The predicted octanol–water partition coefficient (Wildman–Crippen LogP) is 3.15. The first-order valence-corrected chi connectivity index (χ1v) is 8.47. The van der Waals surface area contributed by atoms with E-state index >= 15 is 0 Å². The van der Waals surface area contributed by atoms with Crippen molar-refractivity contribution in [3.8, 4) is 11.3 Å². The van der Waals surface area contributed by atoms with E-state index in [4.69, 9.17) is 0 Å². The van der Waals surface area contributed by atoms with Crippen LogP contribution in [-0.4, -0.2) is 28.1 Å². The van der Waals surface area contributed by atoms with E-state index in [1.807, 2.05) is 30.5 Å². The molecule has 0 unspecified atom stereocenters. The molecule has 3 rings (SSSR count). The summed E-state index contributed by atoms with van der Waals surface area (Å²) in [6.07, 6.45) is 3.60. The van der Waals surface area contributed by atoms with Crippen LogP contribution in [0.3, 0.4) is 0 Å². The van der Waals surface area contributed by atoms with E-state index in [1.54, 1.807) is 17.4 Å². The van der Waals surface area contributed by atoms with Crippen LogP contribution in [0.25, 0.3) is 11.3 Å². The third-order valence-electron chi connectivity index (χ3n) is 4.15. The molecule has 5 heteroatoms. The molecule has 4 nitrogen and oxygen atoms in total. The fourth-order valence-corrected chi connectivity index (χ4v) is 3.49. The minimum atomic E-state index is -0.723. The molecule has 1 fully saturated rings. The van der Waals surface area contributed by atoms with E-state index < -0.39 is 5.60 Å². The van der Waals surface area contributed by atoms with Crippen LogP contribution in [0.4, 0.5) is 0 Å². The zero-order valence-corrected chi connectivity index (χ0v) is 13.4. The smallest absolute Gasteiger partial charge is 0.251 e. The number of hydrogen-bond donors (Lipinski definition) is 2. The van der Waals surface area contributed by atoms with Gasteiger partial charge in [-0.05, 0) is 31.9 Å². The summed E-state index contributed by atoms with van der Waals surface area (Å²) >= 11 is 1.60.